The van der Waals surface area contributed by atoms with Crippen molar-refractivity contribution in [3.63, 3.8) is 0 Å². The summed E-state index contributed by atoms with van der Waals surface area (Å²) in [4.78, 5) is 27.1. The van der Waals surface area contributed by atoms with E-state index in [1.54, 1.807) is 0 Å². The van der Waals surface area contributed by atoms with Crippen molar-refractivity contribution < 1.29 is 9.59 Å². The summed E-state index contributed by atoms with van der Waals surface area (Å²) in [7, 11) is 0. The lowest BCUT2D eigenvalue weighted by molar-refractivity contribution is -0.126. The molecule has 1 saturated heterocycles. The Kier molecular flexibility index (Phi) is 5.77. The van der Waals surface area contributed by atoms with E-state index in [1.807, 2.05) is 36.9 Å². The largest absolute Gasteiger partial charge is 0.353 e. The molecule has 4 heteroatoms. The molecule has 0 bridgehead atoms. The third-order valence-electron chi connectivity index (χ3n) is 5.94. The topological polar surface area (TPSA) is 49.4 Å². The summed E-state index contributed by atoms with van der Waals surface area (Å²) in [5.74, 6) is 0.570. The van der Waals surface area contributed by atoms with Gasteiger partial charge in [0.1, 0.15) is 0 Å². The van der Waals surface area contributed by atoms with Gasteiger partial charge in [0, 0.05) is 30.6 Å². The minimum atomic E-state index is 0.123. The summed E-state index contributed by atoms with van der Waals surface area (Å²) >= 11 is 0. The van der Waals surface area contributed by atoms with E-state index in [-0.39, 0.29) is 23.8 Å². The highest BCUT2D eigenvalue weighted by atomic mass is 16.2. The van der Waals surface area contributed by atoms with Crippen molar-refractivity contribution in [1.29, 1.82) is 0 Å². The van der Waals surface area contributed by atoms with Crippen LogP contribution in [0.3, 0.4) is 0 Å². The smallest absolute Gasteiger partial charge is 0.254 e. The highest BCUT2D eigenvalue weighted by Gasteiger charge is 2.28. The molecular weight excluding hydrogens is 312 g/mol. The Balaban J connectivity index is 1.52. The Bertz CT molecular complexity index is 627. The van der Waals surface area contributed by atoms with Crippen molar-refractivity contribution in [3.05, 3.63) is 34.9 Å². The molecule has 25 heavy (non-hydrogen) atoms. The molecule has 1 saturated carbocycles. The van der Waals surface area contributed by atoms with Crippen molar-refractivity contribution in [2.24, 2.45) is 5.92 Å². The van der Waals surface area contributed by atoms with E-state index in [1.165, 1.54) is 19.3 Å². The SMILES string of the molecule is Cc1cccc(C(=O)N2CCC(NC(=O)C3CCCCC3)CC2)c1C. The molecule has 1 aliphatic carbocycles. The number of carbonyl (C=O) groups is 2. The molecule has 2 aliphatic rings. The lowest BCUT2D eigenvalue weighted by Gasteiger charge is -2.34. The zero-order valence-electron chi connectivity index (χ0n) is 15.5. The first-order valence-corrected chi connectivity index (χ1v) is 9.72. The predicted octanol–water partition coefficient (Wildman–Crippen LogP) is 3.60. The number of nitrogens with zero attached hydrogens (tertiary/aromatic N) is 1. The number of benzene rings is 1. The van der Waals surface area contributed by atoms with E-state index in [9.17, 15) is 9.59 Å². The van der Waals surface area contributed by atoms with Crippen molar-refractivity contribution in [1.82, 2.24) is 10.2 Å². The van der Waals surface area contributed by atoms with Gasteiger partial charge >= 0.3 is 0 Å². The lowest BCUT2D eigenvalue weighted by atomic mass is 9.88. The van der Waals surface area contributed by atoms with Crippen LogP contribution in [-0.4, -0.2) is 35.8 Å². The minimum absolute atomic E-state index is 0.123. The lowest BCUT2D eigenvalue weighted by Crippen LogP contribution is -2.48. The van der Waals surface area contributed by atoms with Gasteiger partial charge < -0.3 is 10.2 Å². The maximum absolute atomic E-state index is 12.8. The molecule has 0 radical (unpaired) electrons. The van der Waals surface area contributed by atoms with Gasteiger partial charge in [0.2, 0.25) is 5.91 Å². The molecule has 4 nitrogen and oxygen atoms in total. The fourth-order valence-electron chi connectivity index (χ4n) is 4.06. The molecule has 136 valence electrons. The van der Waals surface area contributed by atoms with E-state index >= 15 is 0 Å². The third-order valence-corrected chi connectivity index (χ3v) is 5.94. The molecule has 2 fully saturated rings. The van der Waals surface area contributed by atoms with Crippen LogP contribution in [0.25, 0.3) is 0 Å². The normalized spacial score (nSPS) is 19.7. The monoisotopic (exact) mass is 342 g/mol. The number of hydrogen-bond donors (Lipinski definition) is 1. The third kappa shape index (κ3) is 4.23. The number of rotatable bonds is 3. The predicted molar refractivity (Wildman–Crippen MR) is 99.6 cm³/mol. The van der Waals surface area contributed by atoms with Crippen LogP contribution in [0.1, 0.15) is 66.4 Å². The summed E-state index contributed by atoms with van der Waals surface area (Å²) in [5.41, 5.74) is 3.03. The maximum Gasteiger partial charge on any atom is 0.254 e. The molecule has 0 spiro atoms. The number of aryl methyl sites for hydroxylation is 1. The first kappa shape index (κ1) is 18.0. The average molecular weight is 342 g/mol. The van der Waals surface area contributed by atoms with Gasteiger partial charge in [-0.2, -0.15) is 0 Å². The van der Waals surface area contributed by atoms with E-state index in [0.717, 1.165) is 55.5 Å². The molecule has 1 N–H and O–H groups in total. The first-order chi connectivity index (χ1) is 12.1. The van der Waals surface area contributed by atoms with Gasteiger partial charge in [-0.15, -0.1) is 0 Å². The summed E-state index contributed by atoms with van der Waals surface area (Å²) in [6.45, 7) is 5.50. The highest BCUT2D eigenvalue weighted by molar-refractivity contribution is 5.96. The number of nitrogens with one attached hydrogen (secondary N) is 1. The second-order valence-electron chi connectivity index (χ2n) is 7.66. The highest BCUT2D eigenvalue weighted by Crippen LogP contribution is 2.24. The molecule has 1 aliphatic heterocycles. The second kappa shape index (κ2) is 8.03. The van der Waals surface area contributed by atoms with Crippen molar-refractivity contribution in [3.8, 4) is 0 Å². The van der Waals surface area contributed by atoms with Gasteiger partial charge in [-0.05, 0) is 56.7 Å². The van der Waals surface area contributed by atoms with Crippen LogP contribution in [0.15, 0.2) is 18.2 Å². The molecule has 2 amide bonds. The molecule has 0 unspecified atom stereocenters. The first-order valence-electron chi connectivity index (χ1n) is 9.72. The van der Waals surface area contributed by atoms with Crippen LogP contribution in [-0.2, 0) is 4.79 Å². The standard InChI is InChI=1S/C21H30N2O2/c1-15-7-6-10-19(16(15)2)21(25)23-13-11-18(12-14-23)22-20(24)17-8-4-3-5-9-17/h6-7,10,17-18H,3-5,8-9,11-14H2,1-2H3,(H,22,24). The maximum atomic E-state index is 12.8. The summed E-state index contributed by atoms with van der Waals surface area (Å²) in [5, 5.41) is 3.23. The average Bonchev–Trinajstić information content (AvgIpc) is 2.65. The van der Waals surface area contributed by atoms with Crippen molar-refractivity contribution >= 4 is 11.8 Å². The van der Waals surface area contributed by atoms with E-state index in [2.05, 4.69) is 5.32 Å². The molecule has 1 aromatic carbocycles. The van der Waals surface area contributed by atoms with Gasteiger partial charge in [0.05, 0.1) is 0 Å². The Morgan fingerprint density at radius 3 is 2.36 bits per heavy atom. The zero-order valence-corrected chi connectivity index (χ0v) is 15.5. The van der Waals surface area contributed by atoms with E-state index in [4.69, 9.17) is 0 Å². The van der Waals surface area contributed by atoms with Gasteiger partial charge in [-0.1, -0.05) is 31.4 Å². The van der Waals surface area contributed by atoms with Gasteiger partial charge in [-0.25, -0.2) is 0 Å². The molecule has 1 heterocycles. The summed E-state index contributed by atoms with van der Waals surface area (Å²) in [6, 6.07) is 6.13. The van der Waals surface area contributed by atoms with Gasteiger partial charge in [0.15, 0.2) is 0 Å². The van der Waals surface area contributed by atoms with E-state index in [0.29, 0.717) is 0 Å². The number of hydrogen-bond acceptors (Lipinski definition) is 2. The van der Waals surface area contributed by atoms with Crippen LogP contribution in [0.5, 0.6) is 0 Å². The van der Waals surface area contributed by atoms with Crippen LogP contribution >= 0.6 is 0 Å². The van der Waals surface area contributed by atoms with Crippen LogP contribution < -0.4 is 5.32 Å². The molecule has 0 atom stereocenters. The van der Waals surface area contributed by atoms with Crippen molar-refractivity contribution in [2.75, 3.05) is 13.1 Å². The second-order valence-corrected chi connectivity index (χ2v) is 7.66. The number of amides is 2. The number of likely N-dealkylation sites (tertiary alicyclic amines) is 1. The molecule has 1 aromatic rings. The molecule has 3 rings (SSSR count). The number of carbonyl (C=O) groups excluding carboxylic acids is 2. The fraction of sp³-hybridized carbons (Fsp3) is 0.619. The molecular formula is C21H30N2O2. The van der Waals surface area contributed by atoms with Crippen molar-refractivity contribution in [2.45, 2.75) is 64.8 Å². The quantitative estimate of drug-likeness (QED) is 0.912. The van der Waals surface area contributed by atoms with Crippen LogP contribution in [0, 0.1) is 19.8 Å². The Hall–Kier alpha value is -1.84. The van der Waals surface area contributed by atoms with Gasteiger partial charge in [0.25, 0.3) is 5.91 Å². The Labute approximate surface area is 151 Å². The number of piperidine rings is 1. The fourth-order valence-corrected chi connectivity index (χ4v) is 4.06. The molecule has 0 aromatic heterocycles. The Morgan fingerprint density at radius 1 is 1.00 bits per heavy atom. The summed E-state index contributed by atoms with van der Waals surface area (Å²) in [6.07, 6.45) is 7.42. The van der Waals surface area contributed by atoms with E-state index < -0.39 is 0 Å². The van der Waals surface area contributed by atoms with Crippen LogP contribution in [0.4, 0.5) is 0 Å². The minimum Gasteiger partial charge on any atom is -0.353 e. The van der Waals surface area contributed by atoms with Crippen LogP contribution in [0.2, 0.25) is 0 Å². The zero-order chi connectivity index (χ0) is 17.8. The van der Waals surface area contributed by atoms with Gasteiger partial charge in [-0.3, -0.25) is 9.59 Å². The summed E-state index contributed by atoms with van der Waals surface area (Å²) < 4.78 is 0. The Morgan fingerprint density at radius 2 is 1.68 bits per heavy atom.